The van der Waals surface area contributed by atoms with Crippen LogP contribution in [0.15, 0.2) is 24.3 Å². The average Bonchev–Trinajstić information content (AvgIpc) is 2.35. The summed E-state index contributed by atoms with van der Waals surface area (Å²) in [5.41, 5.74) is 1.39. The Labute approximate surface area is 117 Å². The van der Waals surface area contributed by atoms with Crippen LogP contribution in [-0.2, 0) is 0 Å². The molecule has 0 bridgehead atoms. The highest BCUT2D eigenvalue weighted by molar-refractivity contribution is 6.30. The van der Waals surface area contributed by atoms with Gasteiger partial charge < -0.3 is 5.32 Å². The van der Waals surface area contributed by atoms with E-state index in [1.165, 1.54) is 12.0 Å². The van der Waals surface area contributed by atoms with E-state index < -0.39 is 0 Å². The van der Waals surface area contributed by atoms with Crippen LogP contribution in [0.5, 0.6) is 0 Å². The fraction of sp³-hybridized carbons (Fsp3) is 0.625. The van der Waals surface area contributed by atoms with Crippen LogP contribution in [0.2, 0.25) is 5.02 Å². The van der Waals surface area contributed by atoms with Crippen molar-refractivity contribution < 1.29 is 0 Å². The predicted molar refractivity (Wildman–Crippen MR) is 81.4 cm³/mol. The zero-order valence-corrected chi connectivity index (χ0v) is 12.8. The van der Waals surface area contributed by atoms with Gasteiger partial charge in [0.2, 0.25) is 0 Å². The molecule has 0 spiro atoms. The van der Waals surface area contributed by atoms with Crippen LogP contribution in [0, 0.1) is 5.92 Å². The van der Waals surface area contributed by atoms with Crippen LogP contribution in [0.1, 0.15) is 52.0 Å². The van der Waals surface area contributed by atoms with Crippen molar-refractivity contribution in [2.24, 2.45) is 5.92 Å². The summed E-state index contributed by atoms with van der Waals surface area (Å²) in [6, 6.07) is 8.86. The summed E-state index contributed by atoms with van der Waals surface area (Å²) in [7, 11) is 0. The number of rotatable bonds is 7. The van der Waals surface area contributed by atoms with Gasteiger partial charge in [-0.05, 0) is 48.9 Å². The smallest absolute Gasteiger partial charge is 0.0406 e. The Morgan fingerprint density at radius 3 is 2.17 bits per heavy atom. The maximum Gasteiger partial charge on any atom is 0.0406 e. The Hall–Kier alpha value is -0.530. The summed E-state index contributed by atoms with van der Waals surface area (Å²) in [6.07, 6.45) is 2.33. The Balaban J connectivity index is 2.87. The molecule has 1 N–H and O–H groups in total. The molecule has 0 aliphatic heterocycles. The van der Waals surface area contributed by atoms with Crippen LogP contribution < -0.4 is 5.32 Å². The van der Waals surface area contributed by atoms with E-state index in [2.05, 4.69) is 45.1 Å². The molecule has 1 aromatic rings. The van der Waals surface area contributed by atoms with E-state index in [1.807, 2.05) is 12.1 Å². The lowest BCUT2D eigenvalue weighted by Gasteiger charge is -2.31. The van der Waals surface area contributed by atoms with Gasteiger partial charge in [-0.1, -0.05) is 51.4 Å². The number of nitrogens with one attached hydrogen (secondary N) is 1. The molecule has 2 unspecified atom stereocenters. The summed E-state index contributed by atoms with van der Waals surface area (Å²) < 4.78 is 0. The lowest BCUT2D eigenvalue weighted by molar-refractivity contribution is 0.335. The first kappa shape index (κ1) is 15.5. The molecule has 0 fully saturated rings. The van der Waals surface area contributed by atoms with E-state index in [-0.39, 0.29) is 0 Å². The lowest BCUT2D eigenvalue weighted by Crippen LogP contribution is -2.39. The minimum atomic E-state index is 0.538. The second-order valence-corrected chi connectivity index (χ2v) is 5.73. The van der Waals surface area contributed by atoms with Gasteiger partial charge in [-0.15, -0.1) is 0 Å². The van der Waals surface area contributed by atoms with Crippen molar-refractivity contribution in [2.45, 2.75) is 52.5 Å². The Kier molecular flexibility index (Phi) is 6.73. The Morgan fingerprint density at radius 1 is 1.11 bits per heavy atom. The minimum Gasteiger partial charge on any atom is -0.313 e. The van der Waals surface area contributed by atoms with Crippen LogP contribution in [0.25, 0.3) is 0 Å². The predicted octanol–water partition coefficient (Wildman–Crippen LogP) is 4.86. The molecular weight excluding hydrogens is 242 g/mol. The van der Waals surface area contributed by atoms with E-state index in [9.17, 15) is 0 Å². The quantitative estimate of drug-likeness (QED) is 0.744. The number of hydrogen-bond acceptors (Lipinski definition) is 1. The Bertz CT molecular complexity index is 331. The summed E-state index contributed by atoms with van der Waals surface area (Å²) in [6.45, 7) is 10.2. The molecule has 0 heterocycles. The molecule has 0 saturated heterocycles. The Morgan fingerprint density at radius 2 is 1.72 bits per heavy atom. The fourth-order valence-corrected chi connectivity index (χ4v) is 2.69. The maximum absolute atomic E-state index is 5.97. The molecular formula is C16H26ClN. The molecule has 2 atom stereocenters. The van der Waals surface area contributed by atoms with Crippen molar-refractivity contribution in [1.82, 2.24) is 5.32 Å². The van der Waals surface area contributed by atoms with E-state index in [1.54, 1.807) is 0 Å². The molecule has 0 saturated carbocycles. The third kappa shape index (κ3) is 4.29. The maximum atomic E-state index is 5.97. The first-order valence-electron chi connectivity index (χ1n) is 7.09. The second kappa shape index (κ2) is 7.81. The average molecular weight is 268 g/mol. The molecule has 0 aromatic heterocycles. The summed E-state index contributed by atoms with van der Waals surface area (Å²) in [5.74, 6) is 1.20. The molecule has 0 amide bonds. The van der Waals surface area contributed by atoms with Gasteiger partial charge in [-0.25, -0.2) is 0 Å². The zero-order valence-electron chi connectivity index (χ0n) is 12.0. The van der Waals surface area contributed by atoms with Crippen molar-refractivity contribution >= 4 is 11.6 Å². The van der Waals surface area contributed by atoms with Crippen molar-refractivity contribution in [3.63, 3.8) is 0 Å². The SMILES string of the molecule is CCCNC(C(C)C)C(CC)c1ccc(Cl)cc1. The first-order valence-corrected chi connectivity index (χ1v) is 7.46. The van der Waals surface area contributed by atoms with Crippen LogP contribution in [-0.4, -0.2) is 12.6 Å². The molecule has 18 heavy (non-hydrogen) atoms. The highest BCUT2D eigenvalue weighted by Gasteiger charge is 2.23. The normalized spacial score (nSPS) is 14.8. The van der Waals surface area contributed by atoms with Crippen molar-refractivity contribution in [3.05, 3.63) is 34.9 Å². The lowest BCUT2D eigenvalue weighted by atomic mass is 9.83. The topological polar surface area (TPSA) is 12.0 Å². The summed E-state index contributed by atoms with van der Waals surface area (Å²) in [5, 5.41) is 4.52. The largest absolute Gasteiger partial charge is 0.313 e. The molecule has 0 aliphatic carbocycles. The van der Waals surface area contributed by atoms with Gasteiger partial charge in [0.25, 0.3) is 0 Å². The van der Waals surface area contributed by atoms with E-state index in [0.717, 1.165) is 18.0 Å². The van der Waals surface area contributed by atoms with Gasteiger partial charge in [0.05, 0.1) is 0 Å². The standard InChI is InChI=1S/C16H26ClN/c1-5-11-18-16(12(3)4)15(6-2)13-7-9-14(17)10-8-13/h7-10,12,15-16,18H,5-6,11H2,1-4H3. The van der Waals surface area contributed by atoms with Crippen molar-refractivity contribution in [2.75, 3.05) is 6.54 Å². The molecule has 1 nitrogen and oxygen atoms in total. The van der Waals surface area contributed by atoms with Gasteiger partial charge in [0, 0.05) is 11.1 Å². The van der Waals surface area contributed by atoms with E-state index in [4.69, 9.17) is 11.6 Å². The summed E-state index contributed by atoms with van der Waals surface area (Å²) >= 11 is 5.97. The van der Waals surface area contributed by atoms with E-state index in [0.29, 0.717) is 17.9 Å². The summed E-state index contributed by atoms with van der Waals surface area (Å²) in [4.78, 5) is 0. The van der Waals surface area contributed by atoms with Gasteiger partial charge >= 0.3 is 0 Å². The molecule has 0 aliphatic rings. The highest BCUT2D eigenvalue weighted by Crippen LogP contribution is 2.28. The third-order valence-corrected chi connectivity index (χ3v) is 3.77. The third-order valence-electron chi connectivity index (χ3n) is 3.52. The monoisotopic (exact) mass is 267 g/mol. The van der Waals surface area contributed by atoms with Crippen LogP contribution in [0.4, 0.5) is 0 Å². The van der Waals surface area contributed by atoms with Gasteiger partial charge in [-0.3, -0.25) is 0 Å². The highest BCUT2D eigenvalue weighted by atomic mass is 35.5. The van der Waals surface area contributed by atoms with Crippen molar-refractivity contribution in [1.29, 1.82) is 0 Å². The van der Waals surface area contributed by atoms with Gasteiger partial charge in [-0.2, -0.15) is 0 Å². The molecule has 1 rings (SSSR count). The minimum absolute atomic E-state index is 0.538. The molecule has 2 heteroatoms. The number of hydrogen-bond donors (Lipinski definition) is 1. The molecule has 1 aromatic carbocycles. The number of halogens is 1. The zero-order chi connectivity index (χ0) is 13.5. The van der Waals surface area contributed by atoms with Crippen molar-refractivity contribution in [3.8, 4) is 0 Å². The first-order chi connectivity index (χ1) is 8.60. The molecule has 0 radical (unpaired) electrons. The van der Waals surface area contributed by atoms with Crippen LogP contribution >= 0.6 is 11.6 Å². The van der Waals surface area contributed by atoms with Gasteiger partial charge in [0.1, 0.15) is 0 Å². The number of benzene rings is 1. The van der Waals surface area contributed by atoms with Crippen LogP contribution in [0.3, 0.4) is 0 Å². The molecule has 102 valence electrons. The van der Waals surface area contributed by atoms with E-state index >= 15 is 0 Å². The van der Waals surface area contributed by atoms with Gasteiger partial charge in [0.15, 0.2) is 0 Å². The fourth-order valence-electron chi connectivity index (χ4n) is 2.56. The second-order valence-electron chi connectivity index (χ2n) is 5.29.